The second kappa shape index (κ2) is 6.69. The molecule has 1 aliphatic rings. The molecule has 0 bridgehead atoms. The molecule has 1 unspecified atom stereocenters. The molecule has 2 heterocycles. The Labute approximate surface area is 147 Å². The van der Waals surface area contributed by atoms with Crippen molar-refractivity contribution in [3.05, 3.63) is 59.9 Å². The first-order valence-electron chi connectivity index (χ1n) is 8.48. The van der Waals surface area contributed by atoms with Gasteiger partial charge in [0.05, 0.1) is 22.4 Å². The molecule has 2 aromatic carbocycles. The predicted molar refractivity (Wildman–Crippen MR) is 97.0 cm³/mol. The van der Waals surface area contributed by atoms with Gasteiger partial charge in [-0.25, -0.2) is 9.97 Å². The molecule has 5 nitrogen and oxygen atoms in total. The lowest BCUT2D eigenvalue weighted by Gasteiger charge is -2.29. The van der Waals surface area contributed by atoms with Crippen LogP contribution in [0.15, 0.2) is 48.5 Å². The lowest BCUT2D eigenvalue weighted by molar-refractivity contribution is 0.0635. The van der Waals surface area contributed by atoms with Crippen molar-refractivity contribution in [2.75, 3.05) is 20.2 Å². The van der Waals surface area contributed by atoms with Crippen LogP contribution < -0.4 is 9.47 Å². The lowest BCUT2D eigenvalue weighted by Crippen LogP contribution is -2.39. The number of rotatable bonds is 4. The number of nitrogens with zero attached hydrogens (tertiary/aromatic N) is 3. The molecule has 4 rings (SSSR count). The van der Waals surface area contributed by atoms with E-state index in [1.165, 1.54) is 0 Å². The van der Waals surface area contributed by atoms with Crippen LogP contribution in [0.3, 0.4) is 0 Å². The molecular weight excluding hydrogens is 314 g/mol. The van der Waals surface area contributed by atoms with Gasteiger partial charge in [-0.2, -0.15) is 0 Å². The Morgan fingerprint density at radius 2 is 1.68 bits per heavy atom. The number of likely N-dealkylation sites (N-methyl/N-ethyl adjacent to an activating group) is 1. The first kappa shape index (κ1) is 15.8. The second-order valence-electron chi connectivity index (χ2n) is 6.44. The number of hydrogen-bond donors (Lipinski definition) is 0. The summed E-state index contributed by atoms with van der Waals surface area (Å²) in [6, 6.07) is 15.8. The maximum atomic E-state index is 6.04. The molecule has 0 fully saturated rings. The van der Waals surface area contributed by atoms with E-state index in [4.69, 9.17) is 14.5 Å². The minimum atomic E-state index is 0.00798. The predicted octanol–water partition coefficient (Wildman–Crippen LogP) is 3.21. The molecular formula is C20H21N3O2. The van der Waals surface area contributed by atoms with Crippen LogP contribution in [0.25, 0.3) is 11.0 Å². The molecule has 0 aliphatic carbocycles. The summed E-state index contributed by atoms with van der Waals surface area (Å²) in [4.78, 5) is 11.6. The van der Waals surface area contributed by atoms with E-state index in [1.807, 2.05) is 55.5 Å². The number of para-hydroxylation sites is 4. The highest BCUT2D eigenvalue weighted by atomic mass is 16.6. The summed E-state index contributed by atoms with van der Waals surface area (Å²) in [5, 5.41) is 0. The van der Waals surface area contributed by atoms with Crippen molar-refractivity contribution < 1.29 is 9.47 Å². The van der Waals surface area contributed by atoms with E-state index in [2.05, 4.69) is 16.9 Å². The molecule has 0 amide bonds. The van der Waals surface area contributed by atoms with Crippen LogP contribution in [0.2, 0.25) is 0 Å². The first-order valence-corrected chi connectivity index (χ1v) is 8.48. The maximum absolute atomic E-state index is 6.04. The third-order valence-electron chi connectivity index (χ3n) is 4.35. The maximum Gasteiger partial charge on any atom is 0.161 e. The van der Waals surface area contributed by atoms with Gasteiger partial charge in [0, 0.05) is 13.1 Å². The fraction of sp³-hybridized carbons (Fsp3) is 0.300. The molecule has 128 valence electrons. The summed E-state index contributed by atoms with van der Waals surface area (Å²) in [5.41, 5.74) is 3.84. The molecule has 0 radical (unpaired) electrons. The van der Waals surface area contributed by atoms with E-state index in [0.29, 0.717) is 6.61 Å². The minimum Gasteiger partial charge on any atom is -0.486 e. The van der Waals surface area contributed by atoms with Gasteiger partial charge >= 0.3 is 0 Å². The average molecular weight is 335 g/mol. The smallest absolute Gasteiger partial charge is 0.161 e. The Bertz CT molecular complexity index is 897. The highest BCUT2D eigenvalue weighted by Gasteiger charge is 2.22. The van der Waals surface area contributed by atoms with E-state index in [0.717, 1.165) is 47.0 Å². The number of fused-ring (bicyclic) bond motifs is 2. The van der Waals surface area contributed by atoms with Crippen LogP contribution in [-0.4, -0.2) is 41.2 Å². The summed E-state index contributed by atoms with van der Waals surface area (Å²) in [6.45, 7) is 4.07. The first-order chi connectivity index (χ1) is 12.2. The Hall–Kier alpha value is -2.66. The van der Waals surface area contributed by atoms with Crippen LogP contribution in [0.4, 0.5) is 0 Å². The molecule has 0 saturated heterocycles. The second-order valence-corrected chi connectivity index (χ2v) is 6.44. The van der Waals surface area contributed by atoms with Crippen molar-refractivity contribution in [1.29, 1.82) is 0 Å². The standard InChI is InChI=1S/C20H21N3O2/c1-14-18(22-17-8-4-3-7-16(17)21-14)12-23(2)11-15-13-24-19-9-5-6-10-20(19)25-15/h3-10,15H,11-13H2,1-2H3. The zero-order valence-corrected chi connectivity index (χ0v) is 14.5. The molecule has 0 N–H and O–H groups in total. The number of hydrogen-bond acceptors (Lipinski definition) is 5. The fourth-order valence-electron chi connectivity index (χ4n) is 3.10. The third kappa shape index (κ3) is 3.42. The van der Waals surface area contributed by atoms with E-state index >= 15 is 0 Å². The summed E-state index contributed by atoms with van der Waals surface area (Å²) in [6.07, 6.45) is 0.00798. The highest BCUT2D eigenvalue weighted by molar-refractivity contribution is 5.74. The van der Waals surface area contributed by atoms with E-state index < -0.39 is 0 Å². The summed E-state index contributed by atoms with van der Waals surface area (Å²) in [5.74, 6) is 1.63. The van der Waals surface area contributed by atoms with E-state index in [1.54, 1.807) is 0 Å². The molecule has 1 aliphatic heterocycles. The minimum absolute atomic E-state index is 0.00798. The molecule has 0 spiro atoms. The SMILES string of the molecule is Cc1nc2ccccc2nc1CN(C)CC1COc2ccccc2O1. The third-order valence-corrected chi connectivity index (χ3v) is 4.35. The summed E-state index contributed by atoms with van der Waals surface area (Å²) < 4.78 is 11.8. The van der Waals surface area contributed by atoms with Gasteiger partial charge in [0.15, 0.2) is 11.5 Å². The molecule has 25 heavy (non-hydrogen) atoms. The van der Waals surface area contributed by atoms with Gasteiger partial charge in [-0.05, 0) is 38.2 Å². The van der Waals surface area contributed by atoms with Gasteiger partial charge in [-0.1, -0.05) is 24.3 Å². The van der Waals surface area contributed by atoms with Gasteiger partial charge in [-0.3, -0.25) is 4.90 Å². The number of ether oxygens (including phenoxy) is 2. The Morgan fingerprint density at radius 3 is 2.48 bits per heavy atom. The van der Waals surface area contributed by atoms with Crippen LogP contribution in [0.1, 0.15) is 11.4 Å². The monoisotopic (exact) mass is 335 g/mol. The number of aromatic nitrogens is 2. The zero-order chi connectivity index (χ0) is 17.2. The van der Waals surface area contributed by atoms with Gasteiger partial charge in [0.1, 0.15) is 12.7 Å². The fourth-order valence-corrected chi connectivity index (χ4v) is 3.10. The topological polar surface area (TPSA) is 47.5 Å². The Kier molecular flexibility index (Phi) is 4.24. The van der Waals surface area contributed by atoms with Crippen molar-refractivity contribution in [3.8, 4) is 11.5 Å². The number of benzene rings is 2. The van der Waals surface area contributed by atoms with E-state index in [9.17, 15) is 0 Å². The van der Waals surface area contributed by atoms with E-state index in [-0.39, 0.29) is 6.10 Å². The largest absolute Gasteiger partial charge is 0.486 e. The summed E-state index contributed by atoms with van der Waals surface area (Å²) >= 11 is 0. The molecule has 5 heteroatoms. The molecule has 1 atom stereocenters. The quantitative estimate of drug-likeness (QED) is 0.733. The zero-order valence-electron chi connectivity index (χ0n) is 14.5. The van der Waals surface area contributed by atoms with Crippen molar-refractivity contribution in [2.24, 2.45) is 0 Å². The van der Waals surface area contributed by atoms with Crippen molar-refractivity contribution in [3.63, 3.8) is 0 Å². The molecule has 3 aromatic rings. The van der Waals surface area contributed by atoms with Gasteiger partial charge in [-0.15, -0.1) is 0 Å². The van der Waals surface area contributed by atoms with Gasteiger partial charge < -0.3 is 9.47 Å². The van der Waals surface area contributed by atoms with Crippen LogP contribution in [0.5, 0.6) is 11.5 Å². The molecule has 0 saturated carbocycles. The Morgan fingerprint density at radius 1 is 1.00 bits per heavy atom. The van der Waals surface area contributed by atoms with Crippen LogP contribution in [-0.2, 0) is 6.54 Å². The average Bonchev–Trinajstić information content (AvgIpc) is 2.62. The van der Waals surface area contributed by atoms with Gasteiger partial charge in [0.25, 0.3) is 0 Å². The van der Waals surface area contributed by atoms with Crippen LogP contribution >= 0.6 is 0 Å². The van der Waals surface area contributed by atoms with Gasteiger partial charge in [0.2, 0.25) is 0 Å². The number of aryl methyl sites for hydroxylation is 1. The van der Waals surface area contributed by atoms with Crippen LogP contribution in [0, 0.1) is 6.92 Å². The van der Waals surface area contributed by atoms with Crippen molar-refractivity contribution in [2.45, 2.75) is 19.6 Å². The lowest BCUT2D eigenvalue weighted by atomic mass is 10.2. The van der Waals surface area contributed by atoms with Crippen molar-refractivity contribution >= 4 is 11.0 Å². The highest BCUT2D eigenvalue weighted by Crippen LogP contribution is 2.31. The van der Waals surface area contributed by atoms with Crippen molar-refractivity contribution in [1.82, 2.24) is 14.9 Å². The normalized spacial score (nSPS) is 16.4. The summed E-state index contributed by atoms with van der Waals surface area (Å²) in [7, 11) is 2.07. The molecule has 1 aromatic heterocycles. The Balaban J connectivity index is 1.44.